The van der Waals surface area contributed by atoms with Crippen LogP contribution in [0.4, 0.5) is 5.69 Å². The third-order valence-corrected chi connectivity index (χ3v) is 3.58. The minimum Gasteiger partial charge on any atom is -0.384 e. The van der Waals surface area contributed by atoms with E-state index in [1.165, 1.54) is 6.42 Å². The van der Waals surface area contributed by atoms with Crippen LogP contribution in [-0.4, -0.2) is 26.8 Å². The molecule has 0 aromatic heterocycles. The lowest BCUT2D eigenvalue weighted by atomic mass is 9.98. The normalized spacial score (nSPS) is 19.6. The number of ether oxygens (including phenoxy) is 1. The van der Waals surface area contributed by atoms with Crippen LogP contribution >= 0.6 is 11.6 Å². The lowest BCUT2D eigenvalue weighted by molar-refractivity contribution is 0.143. The Balaban J connectivity index is 2.18. The molecule has 4 heteroatoms. The van der Waals surface area contributed by atoms with Crippen molar-refractivity contribution in [3.63, 3.8) is 0 Å². The maximum Gasteiger partial charge on any atom is 0.101 e. The van der Waals surface area contributed by atoms with Crippen LogP contribution < -0.4 is 4.90 Å². The molecule has 0 bridgehead atoms. The quantitative estimate of drug-likeness (QED) is 0.842. The van der Waals surface area contributed by atoms with Gasteiger partial charge in [0.05, 0.1) is 17.9 Å². The Morgan fingerprint density at radius 2 is 2.39 bits per heavy atom. The predicted molar refractivity (Wildman–Crippen MR) is 73.0 cm³/mol. The predicted octanol–water partition coefficient (Wildman–Crippen LogP) is 3.07. The zero-order valence-corrected chi connectivity index (χ0v) is 11.3. The van der Waals surface area contributed by atoms with Crippen molar-refractivity contribution in [1.82, 2.24) is 0 Å². The summed E-state index contributed by atoms with van der Waals surface area (Å²) >= 11 is 5.92. The highest BCUT2D eigenvalue weighted by Crippen LogP contribution is 2.28. The molecule has 0 spiro atoms. The van der Waals surface area contributed by atoms with Crippen molar-refractivity contribution in [1.29, 1.82) is 5.26 Å². The van der Waals surface area contributed by atoms with Crippen LogP contribution in [0.1, 0.15) is 18.4 Å². The molecule has 0 radical (unpaired) electrons. The SMILES string of the molecule is COCC1CCCN(c2ccc(Cl)cc2C#N)C1. The topological polar surface area (TPSA) is 36.3 Å². The van der Waals surface area contributed by atoms with Crippen molar-refractivity contribution in [2.45, 2.75) is 12.8 Å². The highest BCUT2D eigenvalue weighted by Gasteiger charge is 2.21. The number of hydrogen-bond acceptors (Lipinski definition) is 3. The molecule has 1 aromatic rings. The third-order valence-electron chi connectivity index (χ3n) is 3.34. The van der Waals surface area contributed by atoms with Gasteiger partial charge in [-0.05, 0) is 37.0 Å². The first-order valence-corrected chi connectivity index (χ1v) is 6.56. The fourth-order valence-corrected chi connectivity index (χ4v) is 2.70. The zero-order chi connectivity index (χ0) is 13.0. The van der Waals surface area contributed by atoms with Crippen LogP contribution in [0, 0.1) is 17.2 Å². The molecule has 1 aliphatic heterocycles. The van der Waals surface area contributed by atoms with Gasteiger partial charge in [-0.2, -0.15) is 5.26 Å². The van der Waals surface area contributed by atoms with E-state index in [4.69, 9.17) is 16.3 Å². The Labute approximate surface area is 113 Å². The van der Waals surface area contributed by atoms with Crippen molar-refractivity contribution in [2.24, 2.45) is 5.92 Å². The van der Waals surface area contributed by atoms with Gasteiger partial charge in [-0.1, -0.05) is 11.6 Å². The van der Waals surface area contributed by atoms with Crippen LogP contribution in [0.2, 0.25) is 5.02 Å². The average molecular weight is 265 g/mol. The molecule has 1 unspecified atom stereocenters. The molecule has 0 amide bonds. The molecule has 0 aliphatic carbocycles. The number of nitrogens with zero attached hydrogens (tertiary/aromatic N) is 2. The van der Waals surface area contributed by atoms with E-state index in [1.54, 1.807) is 13.2 Å². The second kappa shape index (κ2) is 6.08. The summed E-state index contributed by atoms with van der Waals surface area (Å²) < 4.78 is 5.23. The van der Waals surface area contributed by atoms with Crippen molar-refractivity contribution >= 4 is 17.3 Å². The smallest absolute Gasteiger partial charge is 0.101 e. The van der Waals surface area contributed by atoms with Gasteiger partial charge >= 0.3 is 0 Å². The molecule has 18 heavy (non-hydrogen) atoms. The lowest BCUT2D eigenvalue weighted by Gasteiger charge is -2.34. The molecular weight excluding hydrogens is 248 g/mol. The fourth-order valence-electron chi connectivity index (χ4n) is 2.53. The summed E-state index contributed by atoms with van der Waals surface area (Å²) in [5.74, 6) is 0.547. The molecule has 1 aromatic carbocycles. The van der Waals surface area contributed by atoms with Gasteiger partial charge < -0.3 is 9.64 Å². The number of methoxy groups -OCH3 is 1. The Morgan fingerprint density at radius 3 is 3.11 bits per heavy atom. The molecule has 3 nitrogen and oxygen atoms in total. The number of anilines is 1. The molecule has 96 valence electrons. The van der Waals surface area contributed by atoms with Crippen molar-refractivity contribution in [2.75, 3.05) is 31.7 Å². The fraction of sp³-hybridized carbons (Fsp3) is 0.500. The first kappa shape index (κ1) is 13.2. The monoisotopic (exact) mass is 264 g/mol. The van der Waals surface area contributed by atoms with Gasteiger partial charge in [-0.3, -0.25) is 0 Å². The van der Waals surface area contributed by atoms with E-state index in [0.29, 0.717) is 16.5 Å². The number of nitriles is 1. The van der Waals surface area contributed by atoms with Gasteiger partial charge in [0.15, 0.2) is 0 Å². The van der Waals surface area contributed by atoms with Crippen LogP contribution in [-0.2, 0) is 4.74 Å². The Kier molecular flexibility index (Phi) is 4.46. The van der Waals surface area contributed by atoms with Gasteiger partial charge in [0, 0.05) is 25.2 Å². The molecule has 2 rings (SSSR count). The molecule has 1 fully saturated rings. The Hall–Kier alpha value is -1.24. The first-order valence-electron chi connectivity index (χ1n) is 6.18. The van der Waals surface area contributed by atoms with E-state index in [0.717, 1.165) is 31.8 Å². The number of rotatable bonds is 3. The summed E-state index contributed by atoms with van der Waals surface area (Å²) in [5, 5.41) is 9.79. The summed E-state index contributed by atoms with van der Waals surface area (Å²) in [7, 11) is 1.74. The zero-order valence-electron chi connectivity index (χ0n) is 10.5. The molecule has 0 N–H and O–H groups in total. The average Bonchev–Trinajstić information content (AvgIpc) is 2.39. The van der Waals surface area contributed by atoms with Crippen LogP contribution in [0.3, 0.4) is 0 Å². The number of benzene rings is 1. The summed E-state index contributed by atoms with van der Waals surface area (Å²) in [5.41, 5.74) is 1.64. The minimum absolute atomic E-state index is 0.547. The minimum atomic E-state index is 0.547. The maximum absolute atomic E-state index is 9.18. The van der Waals surface area contributed by atoms with E-state index in [2.05, 4.69) is 11.0 Å². The van der Waals surface area contributed by atoms with Crippen molar-refractivity contribution in [3.8, 4) is 6.07 Å². The van der Waals surface area contributed by atoms with Crippen LogP contribution in [0.25, 0.3) is 0 Å². The third kappa shape index (κ3) is 2.95. The van der Waals surface area contributed by atoms with Gasteiger partial charge in [0.25, 0.3) is 0 Å². The summed E-state index contributed by atoms with van der Waals surface area (Å²) in [6.07, 6.45) is 2.33. The van der Waals surface area contributed by atoms with Gasteiger partial charge in [-0.15, -0.1) is 0 Å². The van der Waals surface area contributed by atoms with Crippen molar-refractivity contribution < 1.29 is 4.74 Å². The van der Waals surface area contributed by atoms with Gasteiger partial charge in [-0.25, -0.2) is 0 Å². The molecule has 1 atom stereocenters. The number of halogens is 1. The molecule has 1 heterocycles. The lowest BCUT2D eigenvalue weighted by Crippen LogP contribution is -2.37. The first-order chi connectivity index (χ1) is 8.74. The van der Waals surface area contributed by atoms with Gasteiger partial charge in [0.2, 0.25) is 0 Å². The Bertz CT molecular complexity index is 454. The van der Waals surface area contributed by atoms with Gasteiger partial charge in [0.1, 0.15) is 6.07 Å². The second-order valence-corrected chi connectivity index (χ2v) is 5.12. The largest absolute Gasteiger partial charge is 0.384 e. The molecule has 0 saturated carbocycles. The summed E-state index contributed by atoms with van der Waals surface area (Å²) in [6.45, 7) is 2.73. The molecular formula is C14H17ClN2O. The van der Waals surface area contributed by atoms with Crippen LogP contribution in [0.15, 0.2) is 18.2 Å². The summed E-state index contributed by atoms with van der Waals surface area (Å²) in [4.78, 5) is 2.27. The van der Waals surface area contributed by atoms with E-state index in [1.807, 2.05) is 12.1 Å². The van der Waals surface area contributed by atoms with E-state index in [-0.39, 0.29) is 0 Å². The van der Waals surface area contributed by atoms with Crippen LogP contribution in [0.5, 0.6) is 0 Å². The Morgan fingerprint density at radius 1 is 1.56 bits per heavy atom. The van der Waals surface area contributed by atoms with E-state index >= 15 is 0 Å². The van der Waals surface area contributed by atoms with E-state index < -0.39 is 0 Å². The highest BCUT2D eigenvalue weighted by atomic mass is 35.5. The van der Waals surface area contributed by atoms with E-state index in [9.17, 15) is 5.26 Å². The summed E-state index contributed by atoms with van der Waals surface area (Å²) in [6, 6.07) is 7.74. The standard InChI is InChI=1S/C14H17ClN2O/c1-18-10-11-3-2-6-17(9-11)14-5-4-13(15)7-12(14)8-16/h4-5,7,11H,2-3,6,9-10H2,1H3. The molecule has 1 saturated heterocycles. The second-order valence-electron chi connectivity index (χ2n) is 4.68. The number of hydrogen-bond donors (Lipinski definition) is 0. The van der Waals surface area contributed by atoms with Crippen molar-refractivity contribution in [3.05, 3.63) is 28.8 Å². The molecule has 1 aliphatic rings. The highest BCUT2D eigenvalue weighted by molar-refractivity contribution is 6.30. The maximum atomic E-state index is 9.18. The number of piperidine rings is 1.